The van der Waals surface area contributed by atoms with Crippen LogP contribution < -0.4 is 15.4 Å². The average Bonchev–Trinajstić information content (AvgIpc) is 2.65. The van der Waals surface area contributed by atoms with Crippen LogP contribution in [0.1, 0.15) is 17.4 Å². The maximum Gasteiger partial charge on any atom is 0.274 e. The summed E-state index contributed by atoms with van der Waals surface area (Å²) >= 11 is 0. The number of nitrogens with zero attached hydrogens (tertiary/aromatic N) is 2. The van der Waals surface area contributed by atoms with E-state index in [9.17, 15) is 4.79 Å². The lowest BCUT2D eigenvalue weighted by Gasteiger charge is -2.08. The molecule has 6 nitrogen and oxygen atoms in total. The van der Waals surface area contributed by atoms with Gasteiger partial charge in [-0.3, -0.25) is 4.79 Å². The molecule has 0 atom stereocenters. The van der Waals surface area contributed by atoms with Crippen molar-refractivity contribution in [1.29, 1.82) is 0 Å². The van der Waals surface area contributed by atoms with E-state index in [2.05, 4.69) is 20.6 Å². The molecule has 0 aliphatic rings. The molecule has 0 aliphatic heterocycles. The van der Waals surface area contributed by atoms with Gasteiger partial charge in [-0.2, -0.15) is 0 Å². The van der Waals surface area contributed by atoms with Crippen LogP contribution in [0.5, 0.6) is 5.75 Å². The molecule has 25 heavy (non-hydrogen) atoms. The first-order valence-electron chi connectivity index (χ1n) is 7.94. The molecule has 0 unspecified atom stereocenters. The number of carbonyl (C=O) groups is 1. The van der Waals surface area contributed by atoms with Crippen LogP contribution in [0.3, 0.4) is 0 Å². The molecule has 0 saturated carbocycles. The maximum atomic E-state index is 12.4. The average molecular weight is 334 g/mol. The van der Waals surface area contributed by atoms with Gasteiger partial charge in [0.05, 0.1) is 6.61 Å². The Labute approximate surface area is 145 Å². The molecule has 2 aromatic carbocycles. The Morgan fingerprint density at radius 2 is 1.76 bits per heavy atom. The van der Waals surface area contributed by atoms with Crippen molar-refractivity contribution in [3.63, 3.8) is 0 Å². The summed E-state index contributed by atoms with van der Waals surface area (Å²) in [4.78, 5) is 20.8. The van der Waals surface area contributed by atoms with E-state index in [1.165, 1.54) is 0 Å². The molecular weight excluding hydrogens is 316 g/mol. The molecule has 0 radical (unpaired) electrons. The predicted molar refractivity (Wildman–Crippen MR) is 97.3 cm³/mol. The Morgan fingerprint density at radius 1 is 1.00 bits per heavy atom. The van der Waals surface area contributed by atoms with Crippen LogP contribution in [0.15, 0.2) is 66.9 Å². The van der Waals surface area contributed by atoms with Crippen molar-refractivity contribution in [2.24, 2.45) is 0 Å². The van der Waals surface area contributed by atoms with Crippen LogP contribution in [0.25, 0.3) is 0 Å². The lowest BCUT2D eigenvalue weighted by atomic mass is 10.3. The van der Waals surface area contributed by atoms with Crippen molar-refractivity contribution in [3.8, 4) is 5.75 Å². The fourth-order valence-electron chi connectivity index (χ4n) is 2.19. The molecule has 0 aliphatic carbocycles. The van der Waals surface area contributed by atoms with Crippen LogP contribution in [-0.4, -0.2) is 22.5 Å². The Balaban J connectivity index is 1.68. The first-order chi connectivity index (χ1) is 12.2. The van der Waals surface area contributed by atoms with E-state index in [1.54, 1.807) is 24.4 Å². The third-order valence-corrected chi connectivity index (χ3v) is 3.34. The van der Waals surface area contributed by atoms with Crippen molar-refractivity contribution in [2.75, 3.05) is 17.2 Å². The monoisotopic (exact) mass is 334 g/mol. The Hall–Kier alpha value is -3.41. The van der Waals surface area contributed by atoms with Gasteiger partial charge in [0.2, 0.25) is 5.95 Å². The van der Waals surface area contributed by atoms with E-state index in [0.717, 1.165) is 11.4 Å². The third-order valence-electron chi connectivity index (χ3n) is 3.34. The summed E-state index contributed by atoms with van der Waals surface area (Å²) in [7, 11) is 0. The third kappa shape index (κ3) is 4.54. The summed E-state index contributed by atoms with van der Waals surface area (Å²) in [6.45, 7) is 2.52. The molecule has 0 fully saturated rings. The zero-order valence-corrected chi connectivity index (χ0v) is 13.8. The summed E-state index contributed by atoms with van der Waals surface area (Å²) < 4.78 is 5.38. The second-order valence-corrected chi connectivity index (χ2v) is 5.17. The number of aromatic nitrogens is 2. The number of rotatable bonds is 6. The lowest BCUT2D eigenvalue weighted by molar-refractivity contribution is 0.102. The maximum absolute atomic E-state index is 12.4. The molecule has 3 aromatic rings. The largest absolute Gasteiger partial charge is 0.494 e. The summed E-state index contributed by atoms with van der Waals surface area (Å²) in [5.41, 5.74) is 1.80. The van der Waals surface area contributed by atoms with Crippen molar-refractivity contribution in [1.82, 2.24) is 9.97 Å². The second-order valence-electron chi connectivity index (χ2n) is 5.17. The molecule has 0 saturated heterocycles. The number of carbonyl (C=O) groups excluding carboxylic acids is 1. The lowest BCUT2D eigenvalue weighted by Crippen LogP contribution is -2.14. The van der Waals surface area contributed by atoms with Crippen molar-refractivity contribution in [3.05, 3.63) is 72.6 Å². The van der Waals surface area contributed by atoms with Crippen LogP contribution in [0, 0.1) is 0 Å². The summed E-state index contributed by atoms with van der Waals surface area (Å²) in [5.74, 6) is 0.824. The van der Waals surface area contributed by atoms with Gasteiger partial charge in [0.25, 0.3) is 5.91 Å². The number of amides is 1. The minimum Gasteiger partial charge on any atom is -0.494 e. The molecule has 1 aromatic heterocycles. The van der Waals surface area contributed by atoms with Crippen LogP contribution in [-0.2, 0) is 0 Å². The highest BCUT2D eigenvalue weighted by Crippen LogP contribution is 2.17. The van der Waals surface area contributed by atoms with Gasteiger partial charge >= 0.3 is 0 Å². The van der Waals surface area contributed by atoms with Gasteiger partial charge in [-0.25, -0.2) is 9.97 Å². The van der Waals surface area contributed by atoms with Gasteiger partial charge in [0, 0.05) is 17.6 Å². The minimum atomic E-state index is -0.303. The fourth-order valence-corrected chi connectivity index (χ4v) is 2.19. The van der Waals surface area contributed by atoms with E-state index < -0.39 is 0 Å². The van der Waals surface area contributed by atoms with Gasteiger partial charge in [0.1, 0.15) is 11.4 Å². The van der Waals surface area contributed by atoms with Gasteiger partial charge in [0.15, 0.2) is 0 Å². The number of para-hydroxylation sites is 1. The molecular formula is C19H18N4O2. The molecule has 1 amide bonds. The highest BCUT2D eigenvalue weighted by atomic mass is 16.5. The molecule has 0 bridgehead atoms. The van der Waals surface area contributed by atoms with Crippen LogP contribution >= 0.6 is 0 Å². The second kappa shape index (κ2) is 7.92. The summed E-state index contributed by atoms with van der Waals surface area (Å²) in [6.07, 6.45) is 1.55. The van der Waals surface area contributed by atoms with Crippen molar-refractivity contribution < 1.29 is 9.53 Å². The molecule has 6 heteroatoms. The van der Waals surface area contributed by atoms with E-state index >= 15 is 0 Å². The SMILES string of the molecule is CCOc1ccc(NC(=O)c2ccnc(Nc3ccccc3)n2)cc1. The first kappa shape index (κ1) is 16.4. The van der Waals surface area contributed by atoms with Crippen molar-refractivity contribution >= 4 is 23.2 Å². The smallest absolute Gasteiger partial charge is 0.274 e. The molecule has 1 heterocycles. The Bertz CT molecular complexity index is 836. The quantitative estimate of drug-likeness (QED) is 0.715. The van der Waals surface area contributed by atoms with Crippen LogP contribution in [0.2, 0.25) is 0 Å². The number of benzene rings is 2. The Kier molecular flexibility index (Phi) is 5.21. The Morgan fingerprint density at radius 3 is 2.48 bits per heavy atom. The molecule has 126 valence electrons. The topological polar surface area (TPSA) is 76.1 Å². The summed E-state index contributed by atoms with van der Waals surface area (Å²) in [5, 5.41) is 5.87. The standard InChI is InChI=1S/C19H18N4O2/c1-2-25-16-10-8-15(9-11-16)21-18(24)17-12-13-20-19(23-17)22-14-6-4-3-5-7-14/h3-13H,2H2,1H3,(H,21,24)(H,20,22,23). The highest BCUT2D eigenvalue weighted by Gasteiger charge is 2.09. The van der Waals surface area contributed by atoms with Gasteiger partial charge in [-0.15, -0.1) is 0 Å². The van der Waals surface area contributed by atoms with Crippen molar-refractivity contribution in [2.45, 2.75) is 6.92 Å². The van der Waals surface area contributed by atoms with E-state index in [-0.39, 0.29) is 11.6 Å². The number of hydrogen-bond acceptors (Lipinski definition) is 5. The van der Waals surface area contributed by atoms with E-state index in [1.807, 2.05) is 49.4 Å². The number of nitrogens with one attached hydrogen (secondary N) is 2. The normalized spacial score (nSPS) is 10.1. The minimum absolute atomic E-state index is 0.280. The van der Waals surface area contributed by atoms with E-state index in [4.69, 9.17) is 4.74 Å². The highest BCUT2D eigenvalue weighted by molar-refractivity contribution is 6.03. The van der Waals surface area contributed by atoms with Gasteiger partial charge < -0.3 is 15.4 Å². The zero-order valence-electron chi connectivity index (χ0n) is 13.8. The molecule has 0 spiro atoms. The number of ether oxygens (including phenoxy) is 1. The van der Waals surface area contributed by atoms with Crippen LogP contribution in [0.4, 0.5) is 17.3 Å². The fraction of sp³-hybridized carbons (Fsp3) is 0.105. The van der Waals surface area contributed by atoms with E-state index in [0.29, 0.717) is 18.2 Å². The number of anilines is 3. The van der Waals surface area contributed by atoms with Gasteiger partial charge in [-0.1, -0.05) is 18.2 Å². The van der Waals surface area contributed by atoms with Gasteiger partial charge in [-0.05, 0) is 49.4 Å². The predicted octanol–water partition coefficient (Wildman–Crippen LogP) is 3.87. The number of hydrogen-bond donors (Lipinski definition) is 2. The zero-order chi connectivity index (χ0) is 17.5. The molecule has 3 rings (SSSR count). The summed E-state index contributed by atoms with van der Waals surface area (Å²) in [6, 6.07) is 18.3. The first-order valence-corrected chi connectivity index (χ1v) is 7.94. The molecule has 2 N–H and O–H groups in total.